The number of fused-ring (bicyclic) bond motifs is 1. The largest absolute Gasteiger partial charge is 0.495 e. The van der Waals surface area contributed by atoms with Crippen LogP contribution in [0.15, 0.2) is 27.6 Å². The number of aryl methyl sites for hydroxylation is 2. The van der Waals surface area contributed by atoms with E-state index in [9.17, 15) is 13.2 Å². The topological polar surface area (TPSA) is 89.7 Å². The number of sulfonamides is 1. The molecule has 23 heavy (non-hydrogen) atoms. The van der Waals surface area contributed by atoms with Gasteiger partial charge in [0, 0.05) is 18.5 Å². The van der Waals surface area contributed by atoms with Gasteiger partial charge in [0.25, 0.3) is 10.0 Å². The van der Waals surface area contributed by atoms with Crippen LogP contribution >= 0.6 is 0 Å². The molecule has 1 aliphatic heterocycles. The van der Waals surface area contributed by atoms with Gasteiger partial charge in [-0.15, -0.1) is 0 Å². The van der Waals surface area contributed by atoms with E-state index in [0.717, 1.165) is 0 Å². The minimum absolute atomic E-state index is 0.0312. The summed E-state index contributed by atoms with van der Waals surface area (Å²) in [7, 11) is -2.46. The highest BCUT2D eigenvalue weighted by molar-refractivity contribution is 7.93. The summed E-state index contributed by atoms with van der Waals surface area (Å²) in [6.07, 6.45) is 0.114. The summed E-state index contributed by atoms with van der Waals surface area (Å²) in [5, 5.41) is 3.71. The number of hydrogen-bond acceptors (Lipinski definition) is 6. The molecule has 0 N–H and O–H groups in total. The van der Waals surface area contributed by atoms with Crippen LogP contribution in [0.2, 0.25) is 0 Å². The third kappa shape index (κ3) is 2.29. The third-order valence-electron chi connectivity index (χ3n) is 3.83. The van der Waals surface area contributed by atoms with Crippen LogP contribution < -0.4 is 9.04 Å². The fourth-order valence-electron chi connectivity index (χ4n) is 2.81. The van der Waals surface area contributed by atoms with Gasteiger partial charge in [-0.1, -0.05) is 11.2 Å². The van der Waals surface area contributed by atoms with E-state index < -0.39 is 10.0 Å². The first kappa shape index (κ1) is 15.5. The molecule has 0 bridgehead atoms. The van der Waals surface area contributed by atoms with E-state index in [-0.39, 0.29) is 40.8 Å². The van der Waals surface area contributed by atoms with Gasteiger partial charge < -0.3 is 9.26 Å². The van der Waals surface area contributed by atoms with Gasteiger partial charge in [0.05, 0.1) is 7.11 Å². The van der Waals surface area contributed by atoms with Gasteiger partial charge in [-0.05, 0) is 26.0 Å². The second kappa shape index (κ2) is 5.38. The number of ketones is 1. The fraction of sp³-hybridized carbons (Fsp3) is 0.333. The van der Waals surface area contributed by atoms with Gasteiger partial charge in [-0.3, -0.25) is 9.10 Å². The molecule has 0 unspecified atom stereocenters. The fourth-order valence-corrected chi connectivity index (χ4v) is 4.60. The summed E-state index contributed by atoms with van der Waals surface area (Å²) in [5.74, 6) is 0.450. The average Bonchev–Trinajstić information content (AvgIpc) is 2.86. The molecule has 3 rings (SSSR count). The molecule has 122 valence electrons. The van der Waals surface area contributed by atoms with E-state index in [1.54, 1.807) is 32.0 Å². The van der Waals surface area contributed by atoms with Crippen molar-refractivity contribution in [3.8, 4) is 5.75 Å². The summed E-state index contributed by atoms with van der Waals surface area (Å²) in [4.78, 5) is 12.2. The van der Waals surface area contributed by atoms with E-state index in [4.69, 9.17) is 9.26 Å². The molecule has 0 atom stereocenters. The van der Waals surface area contributed by atoms with Crippen LogP contribution in [-0.4, -0.2) is 33.0 Å². The molecule has 7 nitrogen and oxygen atoms in total. The van der Waals surface area contributed by atoms with E-state index in [2.05, 4.69) is 5.16 Å². The number of benzene rings is 1. The van der Waals surface area contributed by atoms with Crippen LogP contribution in [0.3, 0.4) is 0 Å². The first-order valence-corrected chi connectivity index (χ1v) is 8.47. The zero-order valence-electron chi connectivity index (χ0n) is 13.0. The van der Waals surface area contributed by atoms with E-state index >= 15 is 0 Å². The molecule has 0 radical (unpaired) electrons. The molecule has 0 aliphatic carbocycles. The van der Waals surface area contributed by atoms with E-state index in [0.29, 0.717) is 11.3 Å². The molecule has 1 aliphatic rings. The standard InChI is InChI=1S/C15H16N2O5S/c1-9-15(10(2)22-16-9)23(19,20)17-8-7-12(18)11-5-4-6-13(21-3)14(11)17/h4-6H,7-8H2,1-3H3. The Kier molecular flexibility index (Phi) is 3.63. The lowest BCUT2D eigenvalue weighted by Gasteiger charge is -2.30. The van der Waals surface area contributed by atoms with Gasteiger partial charge in [-0.25, -0.2) is 8.42 Å². The molecule has 0 spiro atoms. The van der Waals surface area contributed by atoms with Crippen molar-refractivity contribution in [1.82, 2.24) is 5.16 Å². The Morgan fingerprint density at radius 1 is 1.30 bits per heavy atom. The number of ether oxygens (including phenoxy) is 1. The number of anilines is 1. The Morgan fingerprint density at radius 3 is 2.65 bits per heavy atom. The Morgan fingerprint density at radius 2 is 2.04 bits per heavy atom. The number of carbonyl (C=O) groups is 1. The quantitative estimate of drug-likeness (QED) is 0.852. The number of methoxy groups -OCH3 is 1. The average molecular weight is 336 g/mol. The van der Waals surface area contributed by atoms with Gasteiger partial charge in [0.15, 0.2) is 16.4 Å². The van der Waals surface area contributed by atoms with Gasteiger partial charge in [0.2, 0.25) is 0 Å². The maximum absolute atomic E-state index is 13.1. The minimum Gasteiger partial charge on any atom is -0.495 e. The summed E-state index contributed by atoms with van der Waals surface area (Å²) >= 11 is 0. The molecule has 0 saturated carbocycles. The highest BCUT2D eigenvalue weighted by Gasteiger charge is 2.37. The zero-order valence-corrected chi connectivity index (χ0v) is 13.8. The van der Waals surface area contributed by atoms with Crippen molar-refractivity contribution < 1.29 is 22.5 Å². The third-order valence-corrected chi connectivity index (χ3v) is 5.87. The van der Waals surface area contributed by atoms with Crippen molar-refractivity contribution in [2.75, 3.05) is 18.0 Å². The summed E-state index contributed by atoms with van der Waals surface area (Å²) in [6, 6.07) is 4.91. The zero-order chi connectivity index (χ0) is 16.8. The smallest absolute Gasteiger partial charge is 0.269 e. The van der Waals surface area contributed by atoms with Crippen molar-refractivity contribution >= 4 is 21.5 Å². The summed E-state index contributed by atoms with van der Waals surface area (Å²) in [5.41, 5.74) is 0.896. The van der Waals surface area contributed by atoms with E-state index in [1.165, 1.54) is 11.4 Å². The molecular weight excluding hydrogens is 320 g/mol. The molecule has 0 amide bonds. The highest BCUT2D eigenvalue weighted by Crippen LogP contribution is 2.40. The second-order valence-electron chi connectivity index (χ2n) is 5.26. The molecule has 0 fully saturated rings. The number of rotatable bonds is 3. The number of nitrogens with zero attached hydrogens (tertiary/aromatic N) is 2. The van der Waals surface area contributed by atoms with Crippen molar-refractivity contribution in [3.05, 3.63) is 35.2 Å². The molecule has 1 aromatic carbocycles. The minimum atomic E-state index is -3.90. The number of Topliss-reactive ketones (excluding diaryl/α,β-unsaturated/α-hetero) is 1. The number of aromatic nitrogens is 1. The Balaban J connectivity index is 2.24. The van der Waals surface area contributed by atoms with Crippen molar-refractivity contribution in [3.63, 3.8) is 0 Å². The highest BCUT2D eigenvalue weighted by atomic mass is 32.2. The van der Waals surface area contributed by atoms with Gasteiger partial charge in [0.1, 0.15) is 17.1 Å². The normalized spacial score (nSPS) is 14.7. The number of carbonyl (C=O) groups excluding carboxylic acids is 1. The maximum Gasteiger partial charge on any atom is 0.269 e. The summed E-state index contributed by atoms with van der Waals surface area (Å²) in [6.45, 7) is 3.17. The Labute approximate surface area is 133 Å². The Hall–Kier alpha value is -2.35. The first-order chi connectivity index (χ1) is 10.9. The summed E-state index contributed by atoms with van der Waals surface area (Å²) < 4.78 is 37.6. The first-order valence-electron chi connectivity index (χ1n) is 7.03. The monoisotopic (exact) mass is 336 g/mol. The predicted octanol–water partition coefficient (Wildman–Crippen LogP) is 2.08. The van der Waals surface area contributed by atoms with Crippen LogP contribution in [-0.2, 0) is 10.0 Å². The number of para-hydroxylation sites is 1. The molecule has 2 aromatic rings. The number of hydrogen-bond donors (Lipinski definition) is 0. The molecule has 0 saturated heterocycles. The van der Waals surface area contributed by atoms with Crippen LogP contribution in [0.1, 0.15) is 28.2 Å². The van der Waals surface area contributed by atoms with Crippen molar-refractivity contribution in [2.45, 2.75) is 25.2 Å². The lowest BCUT2D eigenvalue weighted by atomic mass is 10.0. The lowest BCUT2D eigenvalue weighted by molar-refractivity contribution is 0.0981. The van der Waals surface area contributed by atoms with Gasteiger partial charge in [-0.2, -0.15) is 0 Å². The van der Waals surface area contributed by atoms with Crippen LogP contribution in [0.4, 0.5) is 5.69 Å². The maximum atomic E-state index is 13.1. The lowest BCUT2D eigenvalue weighted by Crippen LogP contribution is -2.38. The SMILES string of the molecule is COc1cccc2c1N(S(=O)(=O)c1c(C)noc1C)CCC2=O. The Bertz CT molecular complexity index is 866. The van der Waals surface area contributed by atoms with Crippen LogP contribution in [0.5, 0.6) is 5.75 Å². The van der Waals surface area contributed by atoms with Crippen molar-refractivity contribution in [1.29, 1.82) is 0 Å². The van der Waals surface area contributed by atoms with Crippen LogP contribution in [0, 0.1) is 13.8 Å². The molecule has 2 heterocycles. The van der Waals surface area contributed by atoms with Gasteiger partial charge >= 0.3 is 0 Å². The predicted molar refractivity (Wildman–Crippen MR) is 82.5 cm³/mol. The molecule has 1 aromatic heterocycles. The molecular formula is C15H16N2O5S. The second-order valence-corrected chi connectivity index (χ2v) is 7.06. The molecule has 8 heteroatoms. The van der Waals surface area contributed by atoms with Crippen LogP contribution in [0.25, 0.3) is 0 Å². The van der Waals surface area contributed by atoms with Crippen molar-refractivity contribution in [2.24, 2.45) is 0 Å². The van der Waals surface area contributed by atoms with E-state index in [1.807, 2.05) is 0 Å².